The first kappa shape index (κ1) is 9.19. The van der Waals surface area contributed by atoms with Gasteiger partial charge < -0.3 is 10.8 Å². The maximum atomic E-state index is 7.83. The van der Waals surface area contributed by atoms with Crippen molar-refractivity contribution in [3.63, 3.8) is 0 Å². The zero-order valence-electron chi connectivity index (χ0n) is 2.60. The Kier molecular flexibility index (Phi) is 8.61. The normalized spacial score (nSPS) is 12.6. The molecule has 0 amide bonds. The summed E-state index contributed by atoms with van der Waals surface area (Å²) < 4.78 is 0. The smallest absolute Gasteiger partial charge is 0.316 e. The van der Waals surface area contributed by atoms with Gasteiger partial charge >= 0.3 is 23.1 Å². The van der Waals surface area contributed by atoms with Crippen LogP contribution in [0, 0.1) is 0 Å². The van der Waals surface area contributed by atoms with E-state index < -0.39 is 6.23 Å². The molecule has 0 aromatic carbocycles. The van der Waals surface area contributed by atoms with Gasteiger partial charge in [0.25, 0.3) is 0 Å². The lowest BCUT2D eigenvalue weighted by Gasteiger charge is -1.82. The highest BCUT2D eigenvalue weighted by molar-refractivity contribution is 5.75. The maximum absolute atomic E-state index is 7.83. The number of aliphatic hydroxyl groups is 1. The summed E-state index contributed by atoms with van der Waals surface area (Å²) in [6, 6.07) is 0. The van der Waals surface area contributed by atoms with Crippen LogP contribution in [-0.2, 0) is 0 Å². The highest BCUT2D eigenvalue weighted by atomic mass is 24.3. The van der Waals surface area contributed by atoms with Crippen molar-refractivity contribution in [1.29, 1.82) is 0 Å². The predicted octanol–water partition coefficient (Wildman–Crippen LogP) is -1.63. The molecule has 0 radical (unpaired) electrons. The first-order valence-electron chi connectivity index (χ1n) is 1.17. The van der Waals surface area contributed by atoms with Gasteiger partial charge in [0, 0.05) is 0 Å². The summed E-state index contributed by atoms with van der Waals surface area (Å²) >= 11 is 0. The van der Waals surface area contributed by atoms with Crippen LogP contribution >= 0.6 is 0 Å². The Morgan fingerprint density at radius 1 is 1.80 bits per heavy atom. The van der Waals surface area contributed by atoms with Crippen molar-refractivity contribution < 1.29 is 5.11 Å². The van der Waals surface area contributed by atoms with E-state index in [0.29, 0.717) is 0 Å². The Balaban J connectivity index is 0. The Hall–Kier alpha value is 0.686. The second-order valence-electron chi connectivity index (χ2n) is 0.741. The van der Waals surface area contributed by atoms with Gasteiger partial charge in [0.2, 0.25) is 0 Å². The third-order valence-electron chi connectivity index (χ3n) is 0. The third kappa shape index (κ3) is 71.8. The summed E-state index contributed by atoms with van der Waals surface area (Å²) in [6.45, 7) is 1.50. The maximum Gasteiger partial charge on any atom is 0.316 e. The number of nitrogens with two attached hydrogens (primary N) is 1. The molecule has 0 fully saturated rings. The Morgan fingerprint density at radius 3 is 1.80 bits per heavy atom. The lowest BCUT2D eigenvalue weighted by Crippen LogP contribution is -2.11. The lowest BCUT2D eigenvalue weighted by atomic mass is 10.7. The van der Waals surface area contributed by atoms with E-state index >= 15 is 0 Å². The van der Waals surface area contributed by atoms with E-state index in [0.717, 1.165) is 0 Å². The molecule has 0 bridgehead atoms. The SMILES string of the molecule is CC(N)O.[MgH2]. The fraction of sp³-hybridized carbons (Fsp3) is 1.00. The van der Waals surface area contributed by atoms with Crippen LogP contribution in [0.4, 0.5) is 0 Å². The van der Waals surface area contributed by atoms with Crippen molar-refractivity contribution in [2.45, 2.75) is 13.2 Å². The second kappa shape index (κ2) is 4.69. The largest absolute Gasteiger partial charge is 0.379 e. The quantitative estimate of drug-likeness (QED) is 0.275. The van der Waals surface area contributed by atoms with E-state index in [9.17, 15) is 0 Å². The minimum atomic E-state index is -0.667. The number of rotatable bonds is 0. The van der Waals surface area contributed by atoms with E-state index in [2.05, 4.69) is 5.73 Å². The highest BCUT2D eigenvalue weighted by Gasteiger charge is 1.68. The molecule has 1 atom stereocenters. The van der Waals surface area contributed by atoms with Gasteiger partial charge in [-0.1, -0.05) is 0 Å². The van der Waals surface area contributed by atoms with Crippen molar-refractivity contribution in [3.8, 4) is 0 Å². The molecule has 0 spiro atoms. The van der Waals surface area contributed by atoms with Gasteiger partial charge in [-0.25, -0.2) is 0 Å². The van der Waals surface area contributed by atoms with Crippen LogP contribution in [0.2, 0.25) is 0 Å². The third-order valence-corrected chi connectivity index (χ3v) is 0. The van der Waals surface area contributed by atoms with E-state index in [1.165, 1.54) is 6.92 Å². The summed E-state index contributed by atoms with van der Waals surface area (Å²) in [6.07, 6.45) is -0.667. The van der Waals surface area contributed by atoms with Gasteiger partial charge in [-0.3, -0.25) is 0 Å². The average molecular weight is 87.4 g/mol. The van der Waals surface area contributed by atoms with Crippen molar-refractivity contribution in [3.05, 3.63) is 0 Å². The molecule has 5 heavy (non-hydrogen) atoms. The average Bonchev–Trinajstić information content (AvgIpc) is 0.811. The fourth-order valence-corrected chi connectivity index (χ4v) is 0. The van der Waals surface area contributed by atoms with E-state index in [4.69, 9.17) is 5.11 Å². The topological polar surface area (TPSA) is 46.2 Å². The molecule has 3 heteroatoms. The Morgan fingerprint density at radius 2 is 1.80 bits per heavy atom. The van der Waals surface area contributed by atoms with E-state index in [-0.39, 0.29) is 23.1 Å². The van der Waals surface area contributed by atoms with Crippen molar-refractivity contribution in [1.82, 2.24) is 0 Å². The molecule has 0 rings (SSSR count). The molecular formula is C2H9MgNO. The number of hydrogen-bond donors (Lipinski definition) is 2. The standard InChI is InChI=1S/C2H7NO.Mg.2H/c1-2(3)4;;;/h2,4H,3H2,1H3;;;. The van der Waals surface area contributed by atoms with Gasteiger partial charge in [-0.05, 0) is 6.92 Å². The molecule has 0 aliphatic carbocycles. The summed E-state index contributed by atoms with van der Waals surface area (Å²) in [5.41, 5.74) is 4.67. The van der Waals surface area contributed by atoms with Crippen molar-refractivity contribution in [2.75, 3.05) is 0 Å². The summed E-state index contributed by atoms with van der Waals surface area (Å²) in [7, 11) is 0. The molecule has 1 unspecified atom stereocenters. The molecule has 0 aliphatic rings. The van der Waals surface area contributed by atoms with Gasteiger partial charge in [-0.15, -0.1) is 0 Å². The van der Waals surface area contributed by atoms with Gasteiger partial charge in [-0.2, -0.15) is 0 Å². The highest BCUT2D eigenvalue weighted by Crippen LogP contribution is 1.50. The predicted molar refractivity (Wildman–Crippen MR) is 24.4 cm³/mol. The number of aliphatic hydroxyl groups excluding tert-OH is 1. The molecular weight excluding hydrogens is 78.3 g/mol. The van der Waals surface area contributed by atoms with Gasteiger partial charge in [0.15, 0.2) is 0 Å². The van der Waals surface area contributed by atoms with Crippen molar-refractivity contribution in [2.24, 2.45) is 5.73 Å². The summed E-state index contributed by atoms with van der Waals surface area (Å²) in [5, 5.41) is 7.83. The van der Waals surface area contributed by atoms with E-state index in [1.54, 1.807) is 0 Å². The first-order chi connectivity index (χ1) is 1.73. The van der Waals surface area contributed by atoms with Crippen LogP contribution in [0.15, 0.2) is 0 Å². The molecule has 2 nitrogen and oxygen atoms in total. The molecule has 0 aliphatic heterocycles. The summed E-state index contributed by atoms with van der Waals surface area (Å²) in [4.78, 5) is 0. The zero-order valence-corrected chi connectivity index (χ0v) is 2.60. The van der Waals surface area contributed by atoms with Gasteiger partial charge in [0.1, 0.15) is 0 Å². The molecule has 0 saturated carbocycles. The van der Waals surface area contributed by atoms with Crippen LogP contribution < -0.4 is 5.73 Å². The molecule has 0 aromatic rings. The zero-order chi connectivity index (χ0) is 3.58. The first-order valence-corrected chi connectivity index (χ1v) is 1.17. The fourth-order valence-electron chi connectivity index (χ4n) is 0. The molecule has 0 aromatic heterocycles. The summed E-state index contributed by atoms with van der Waals surface area (Å²) in [5.74, 6) is 0. The molecule has 3 N–H and O–H groups in total. The van der Waals surface area contributed by atoms with Crippen molar-refractivity contribution >= 4 is 23.1 Å². The van der Waals surface area contributed by atoms with Crippen LogP contribution in [0.3, 0.4) is 0 Å². The minimum Gasteiger partial charge on any atom is -0.379 e. The molecule has 30 valence electrons. The van der Waals surface area contributed by atoms with Crippen LogP contribution in [0.25, 0.3) is 0 Å². The van der Waals surface area contributed by atoms with E-state index in [1.807, 2.05) is 0 Å². The molecule has 0 saturated heterocycles. The van der Waals surface area contributed by atoms with Crippen LogP contribution in [0.5, 0.6) is 0 Å². The Labute approximate surface area is 47.5 Å². The molecule has 0 heterocycles. The Bertz CT molecular complexity index is 14.4. The lowest BCUT2D eigenvalue weighted by molar-refractivity contribution is 0.203. The second-order valence-corrected chi connectivity index (χ2v) is 0.741. The van der Waals surface area contributed by atoms with Gasteiger partial charge in [0.05, 0.1) is 6.23 Å². The minimum absolute atomic E-state index is 0. The van der Waals surface area contributed by atoms with Crippen LogP contribution in [-0.4, -0.2) is 34.4 Å². The van der Waals surface area contributed by atoms with Crippen LogP contribution in [0.1, 0.15) is 6.92 Å². The monoisotopic (exact) mass is 87.1 g/mol. The number of hydrogen-bond acceptors (Lipinski definition) is 2.